The Hall–Kier alpha value is -1.66. The van der Waals surface area contributed by atoms with E-state index in [4.69, 9.17) is 5.73 Å². The first-order valence-electron chi connectivity index (χ1n) is 9.42. The normalized spacial score (nSPS) is 17.4. The van der Waals surface area contributed by atoms with E-state index < -0.39 is 21.5 Å². The Morgan fingerprint density at radius 2 is 1.93 bits per heavy atom. The molecule has 2 rings (SSSR count). The van der Waals surface area contributed by atoms with E-state index >= 15 is 0 Å². The van der Waals surface area contributed by atoms with E-state index in [1.54, 1.807) is 12.1 Å². The first-order valence-corrected chi connectivity index (χ1v) is 11.1. The molecular formula is C21H32N2O3S. The number of nitrogens with two attached hydrogens (primary N) is 1. The Balaban J connectivity index is 2.26. The van der Waals surface area contributed by atoms with E-state index in [-0.39, 0.29) is 11.2 Å². The number of hydrogen-bond donors (Lipinski definition) is 2. The molecule has 0 aromatic heterocycles. The minimum atomic E-state index is -3.37. The second-order valence-electron chi connectivity index (χ2n) is 9.26. The van der Waals surface area contributed by atoms with Crippen LogP contribution in [0.25, 0.3) is 5.57 Å². The van der Waals surface area contributed by atoms with Crippen LogP contribution in [-0.4, -0.2) is 25.6 Å². The van der Waals surface area contributed by atoms with Gasteiger partial charge in [-0.05, 0) is 74.6 Å². The van der Waals surface area contributed by atoms with Crippen LogP contribution in [0.15, 0.2) is 24.3 Å². The minimum absolute atomic E-state index is 0.00566. The lowest BCUT2D eigenvalue weighted by Gasteiger charge is -2.29. The molecule has 1 aliphatic carbocycles. The van der Waals surface area contributed by atoms with Gasteiger partial charge < -0.3 is 5.73 Å². The third-order valence-electron chi connectivity index (χ3n) is 4.79. The summed E-state index contributed by atoms with van der Waals surface area (Å²) in [6.07, 6.45) is 5.46. The fourth-order valence-electron chi connectivity index (χ4n) is 3.32. The summed E-state index contributed by atoms with van der Waals surface area (Å²) in [5.41, 5.74) is 8.69. The van der Waals surface area contributed by atoms with Crippen LogP contribution in [-0.2, 0) is 16.4 Å². The third kappa shape index (κ3) is 6.47. The van der Waals surface area contributed by atoms with Gasteiger partial charge in [0.2, 0.25) is 15.9 Å². The van der Waals surface area contributed by atoms with Crippen LogP contribution in [0.4, 0.5) is 0 Å². The molecule has 3 N–H and O–H groups in total. The number of rotatable bonds is 6. The van der Waals surface area contributed by atoms with Crippen LogP contribution >= 0.6 is 0 Å². The number of carbonyl (C=O) groups is 1. The topological polar surface area (TPSA) is 89.3 Å². The molecule has 0 aliphatic heterocycles. The third-order valence-corrected chi connectivity index (χ3v) is 6.45. The van der Waals surface area contributed by atoms with Crippen molar-refractivity contribution >= 4 is 21.5 Å². The molecule has 1 amide bonds. The molecule has 1 aromatic rings. The first kappa shape index (κ1) is 21.6. The number of nitrogens with one attached hydrogen (secondary N) is 1. The van der Waals surface area contributed by atoms with E-state index in [2.05, 4.69) is 24.6 Å². The highest BCUT2D eigenvalue weighted by atomic mass is 32.2. The number of amides is 1. The van der Waals surface area contributed by atoms with Crippen LogP contribution < -0.4 is 10.5 Å². The molecule has 1 aromatic carbocycles. The van der Waals surface area contributed by atoms with Crippen molar-refractivity contribution in [3.63, 3.8) is 0 Å². The highest BCUT2D eigenvalue weighted by molar-refractivity contribution is 7.89. The summed E-state index contributed by atoms with van der Waals surface area (Å²) in [5, 5.41) is 0. The van der Waals surface area contributed by atoms with E-state index in [9.17, 15) is 13.2 Å². The highest BCUT2D eigenvalue weighted by Crippen LogP contribution is 2.39. The van der Waals surface area contributed by atoms with Crippen molar-refractivity contribution in [2.75, 3.05) is 5.75 Å². The first-order chi connectivity index (χ1) is 12.3. The molecule has 0 spiro atoms. The summed E-state index contributed by atoms with van der Waals surface area (Å²) in [7, 11) is -3.37. The zero-order valence-electron chi connectivity index (χ0n) is 17.1. The highest BCUT2D eigenvalue weighted by Gasteiger charge is 2.24. The Morgan fingerprint density at radius 1 is 1.26 bits per heavy atom. The predicted molar refractivity (Wildman–Crippen MR) is 111 cm³/mol. The molecule has 6 heteroatoms. The van der Waals surface area contributed by atoms with Gasteiger partial charge in [-0.2, -0.15) is 0 Å². The van der Waals surface area contributed by atoms with Gasteiger partial charge in [0.15, 0.2) is 0 Å². The molecule has 0 saturated heterocycles. The van der Waals surface area contributed by atoms with Crippen molar-refractivity contribution in [3.8, 4) is 0 Å². The van der Waals surface area contributed by atoms with Gasteiger partial charge in [0.1, 0.15) is 0 Å². The number of hydrogen-bond acceptors (Lipinski definition) is 3. The zero-order valence-corrected chi connectivity index (χ0v) is 17.9. The molecule has 27 heavy (non-hydrogen) atoms. The van der Waals surface area contributed by atoms with Crippen LogP contribution in [0.1, 0.15) is 75.4 Å². The van der Waals surface area contributed by atoms with E-state index in [1.807, 2.05) is 26.8 Å². The van der Waals surface area contributed by atoms with Crippen molar-refractivity contribution in [2.45, 2.75) is 65.8 Å². The average molecular weight is 393 g/mol. The van der Waals surface area contributed by atoms with Crippen LogP contribution in [0.5, 0.6) is 0 Å². The summed E-state index contributed by atoms with van der Waals surface area (Å²) >= 11 is 0. The lowest BCUT2D eigenvalue weighted by molar-refractivity contribution is 0.1000. The van der Waals surface area contributed by atoms with Gasteiger partial charge in [0, 0.05) is 11.1 Å². The van der Waals surface area contributed by atoms with Gasteiger partial charge in [-0.15, -0.1) is 0 Å². The van der Waals surface area contributed by atoms with Crippen LogP contribution in [0, 0.1) is 5.41 Å². The number of carbonyl (C=O) groups excluding carboxylic acids is 1. The Bertz CT molecular complexity index is 847. The quantitative estimate of drug-likeness (QED) is 0.774. The number of benzene rings is 1. The van der Waals surface area contributed by atoms with Crippen molar-refractivity contribution in [1.29, 1.82) is 0 Å². The van der Waals surface area contributed by atoms with Gasteiger partial charge in [0.25, 0.3) is 0 Å². The second kappa shape index (κ2) is 7.76. The molecule has 0 bridgehead atoms. The average Bonchev–Trinajstić information content (AvgIpc) is 2.50. The number of primary amides is 1. The van der Waals surface area contributed by atoms with Gasteiger partial charge in [-0.25, -0.2) is 13.1 Å². The lowest BCUT2D eigenvalue weighted by Crippen LogP contribution is -2.42. The molecule has 150 valence electrons. The van der Waals surface area contributed by atoms with Gasteiger partial charge in [0.05, 0.1) is 5.75 Å². The molecule has 1 aliphatic rings. The molecular weight excluding hydrogens is 360 g/mol. The summed E-state index contributed by atoms with van der Waals surface area (Å²) in [4.78, 5) is 11.9. The van der Waals surface area contributed by atoms with Crippen molar-refractivity contribution in [3.05, 3.63) is 41.0 Å². The fraction of sp³-hybridized carbons (Fsp3) is 0.571. The molecule has 5 nitrogen and oxygen atoms in total. The second-order valence-corrected chi connectivity index (χ2v) is 11.1. The summed E-state index contributed by atoms with van der Waals surface area (Å²) in [6, 6.07) is 5.44. The summed E-state index contributed by atoms with van der Waals surface area (Å²) in [6.45, 7) is 9.93. The van der Waals surface area contributed by atoms with Crippen LogP contribution in [0.2, 0.25) is 0 Å². The van der Waals surface area contributed by atoms with Crippen molar-refractivity contribution in [1.82, 2.24) is 4.72 Å². The van der Waals surface area contributed by atoms with Gasteiger partial charge >= 0.3 is 0 Å². The van der Waals surface area contributed by atoms with E-state index in [0.29, 0.717) is 12.0 Å². The predicted octanol–water partition coefficient (Wildman–Crippen LogP) is 3.64. The van der Waals surface area contributed by atoms with Gasteiger partial charge in [-0.1, -0.05) is 32.1 Å². The number of sulfonamides is 1. The molecule has 0 radical (unpaired) electrons. The molecule has 0 atom stereocenters. The maximum atomic E-state index is 12.3. The fourth-order valence-corrected chi connectivity index (χ4v) is 4.86. The smallest absolute Gasteiger partial charge is 0.249 e. The molecule has 0 fully saturated rings. The monoisotopic (exact) mass is 392 g/mol. The minimum Gasteiger partial charge on any atom is -0.366 e. The van der Waals surface area contributed by atoms with E-state index in [0.717, 1.165) is 36.0 Å². The molecule has 0 saturated carbocycles. The van der Waals surface area contributed by atoms with Crippen molar-refractivity contribution in [2.24, 2.45) is 11.1 Å². The Kier molecular flexibility index (Phi) is 6.22. The molecule has 0 unspecified atom stereocenters. The number of aryl methyl sites for hydroxylation is 1. The standard InChI is InChI=1S/C21H32N2O3S/c1-20(2,3)23-27(25,26)13-10-15-6-7-17(19(22)24)18(14-15)16-8-11-21(4,5)12-9-16/h6-8,14,23H,9-13H2,1-5H3,(H2,22,24). The maximum absolute atomic E-state index is 12.3. The largest absolute Gasteiger partial charge is 0.366 e. The number of allylic oxidation sites excluding steroid dienone is 2. The van der Waals surface area contributed by atoms with Crippen molar-refractivity contribution < 1.29 is 13.2 Å². The van der Waals surface area contributed by atoms with E-state index in [1.165, 1.54) is 0 Å². The summed E-state index contributed by atoms with van der Waals surface area (Å²) in [5.74, 6) is -0.449. The Morgan fingerprint density at radius 3 is 2.44 bits per heavy atom. The molecule has 0 heterocycles. The maximum Gasteiger partial charge on any atom is 0.249 e. The zero-order chi connectivity index (χ0) is 20.5. The van der Waals surface area contributed by atoms with Crippen LogP contribution in [0.3, 0.4) is 0 Å². The Labute approximate surface area is 163 Å². The summed E-state index contributed by atoms with van der Waals surface area (Å²) < 4.78 is 27.2. The van der Waals surface area contributed by atoms with Gasteiger partial charge in [-0.3, -0.25) is 4.79 Å². The SMILES string of the molecule is CC1(C)CC=C(c2cc(CCS(=O)(=O)NC(C)(C)C)ccc2C(N)=O)CC1. The lowest BCUT2D eigenvalue weighted by atomic mass is 9.76.